The van der Waals surface area contributed by atoms with Crippen molar-refractivity contribution in [3.63, 3.8) is 0 Å². The molecule has 0 unspecified atom stereocenters. The summed E-state index contributed by atoms with van der Waals surface area (Å²) in [6, 6.07) is 2.38. The number of aromatic nitrogens is 3. The Bertz CT molecular complexity index is 580. The van der Waals surface area contributed by atoms with Crippen LogP contribution < -0.4 is 10.6 Å². The van der Waals surface area contributed by atoms with Gasteiger partial charge in [0.2, 0.25) is 0 Å². The largest absolute Gasteiger partial charge is 0.382 e. The molecular weight excluding hydrogens is 228 g/mol. The van der Waals surface area contributed by atoms with Crippen LogP contribution in [0.5, 0.6) is 0 Å². The van der Waals surface area contributed by atoms with Gasteiger partial charge in [0.15, 0.2) is 11.5 Å². The van der Waals surface area contributed by atoms with E-state index in [1.54, 1.807) is 12.4 Å². The van der Waals surface area contributed by atoms with Gasteiger partial charge in [0, 0.05) is 25.0 Å². The van der Waals surface area contributed by atoms with Crippen LogP contribution in [0.2, 0.25) is 0 Å². The summed E-state index contributed by atoms with van der Waals surface area (Å²) in [7, 11) is 0. The number of imidazole rings is 1. The van der Waals surface area contributed by atoms with E-state index in [-0.39, 0.29) is 6.04 Å². The summed E-state index contributed by atoms with van der Waals surface area (Å²) in [4.78, 5) is 10.7. The molecule has 0 aliphatic heterocycles. The number of fused-ring (bicyclic) bond motifs is 1. The van der Waals surface area contributed by atoms with Crippen molar-refractivity contribution in [2.24, 2.45) is 0 Å². The lowest BCUT2D eigenvalue weighted by atomic mass is 10.3. The molecule has 94 valence electrons. The van der Waals surface area contributed by atoms with Gasteiger partial charge in [-0.15, -0.1) is 0 Å². The molecule has 2 aromatic heterocycles. The Labute approximate surface area is 106 Å². The average Bonchev–Trinajstić information content (AvgIpc) is 2.76. The number of nitrogen functional groups attached to an aromatic ring is 1. The van der Waals surface area contributed by atoms with Crippen molar-refractivity contribution in [1.82, 2.24) is 14.4 Å². The third-order valence-electron chi connectivity index (χ3n) is 2.73. The molecule has 0 fully saturated rings. The highest BCUT2D eigenvalue weighted by Gasteiger charge is 2.16. The number of hydrogen-bond acceptors (Lipinski definition) is 5. The molecule has 0 radical (unpaired) electrons. The first kappa shape index (κ1) is 12.2. The minimum Gasteiger partial charge on any atom is -0.382 e. The van der Waals surface area contributed by atoms with Crippen molar-refractivity contribution in [2.45, 2.75) is 26.3 Å². The minimum absolute atomic E-state index is 0.230. The molecule has 18 heavy (non-hydrogen) atoms. The fraction of sp³-hybridized carbons (Fsp3) is 0.417. The number of anilines is 2. The smallest absolute Gasteiger partial charge is 0.180 e. The van der Waals surface area contributed by atoms with Crippen molar-refractivity contribution < 1.29 is 0 Å². The molecule has 0 spiro atoms. The van der Waals surface area contributed by atoms with Crippen LogP contribution in [0, 0.1) is 11.3 Å². The third kappa shape index (κ3) is 2.20. The standard InChI is InChI=1S/C12H16N6/c1-9(2)18(6-3-4-13)12-11-15-5-7-17(11)8-10(14)16-12/h5,7-9H,3,6,14H2,1-2H3. The van der Waals surface area contributed by atoms with Crippen LogP contribution in [0.25, 0.3) is 5.65 Å². The second-order valence-corrected chi connectivity index (χ2v) is 4.34. The second-order valence-electron chi connectivity index (χ2n) is 4.34. The lowest BCUT2D eigenvalue weighted by Gasteiger charge is -2.27. The monoisotopic (exact) mass is 244 g/mol. The van der Waals surface area contributed by atoms with E-state index in [4.69, 9.17) is 11.0 Å². The average molecular weight is 244 g/mol. The fourth-order valence-corrected chi connectivity index (χ4v) is 1.91. The van der Waals surface area contributed by atoms with Gasteiger partial charge in [-0.05, 0) is 13.8 Å². The van der Waals surface area contributed by atoms with Crippen LogP contribution in [-0.2, 0) is 0 Å². The topological polar surface area (TPSA) is 83.2 Å². The van der Waals surface area contributed by atoms with E-state index < -0.39 is 0 Å². The molecule has 6 nitrogen and oxygen atoms in total. The van der Waals surface area contributed by atoms with Crippen LogP contribution in [0.4, 0.5) is 11.6 Å². The van der Waals surface area contributed by atoms with Gasteiger partial charge in [0.1, 0.15) is 5.82 Å². The first-order chi connectivity index (χ1) is 8.63. The van der Waals surface area contributed by atoms with Crippen molar-refractivity contribution in [1.29, 1.82) is 5.26 Å². The molecule has 2 N–H and O–H groups in total. The van der Waals surface area contributed by atoms with E-state index in [0.29, 0.717) is 18.8 Å². The van der Waals surface area contributed by atoms with Gasteiger partial charge in [-0.3, -0.25) is 0 Å². The molecule has 0 bridgehead atoms. The summed E-state index contributed by atoms with van der Waals surface area (Å²) in [5.41, 5.74) is 6.56. The Morgan fingerprint density at radius 3 is 3.00 bits per heavy atom. The maximum absolute atomic E-state index is 8.73. The lowest BCUT2D eigenvalue weighted by Crippen LogP contribution is -2.33. The maximum Gasteiger partial charge on any atom is 0.180 e. The highest BCUT2D eigenvalue weighted by molar-refractivity contribution is 5.66. The quantitative estimate of drug-likeness (QED) is 0.879. The van der Waals surface area contributed by atoms with Gasteiger partial charge < -0.3 is 15.0 Å². The van der Waals surface area contributed by atoms with E-state index in [1.807, 2.05) is 15.5 Å². The maximum atomic E-state index is 8.73. The van der Waals surface area contributed by atoms with Gasteiger partial charge in [0.25, 0.3) is 0 Å². The summed E-state index contributed by atoms with van der Waals surface area (Å²) in [5, 5.41) is 8.73. The van der Waals surface area contributed by atoms with Gasteiger partial charge in [0.05, 0.1) is 18.7 Å². The number of hydrogen-bond donors (Lipinski definition) is 1. The minimum atomic E-state index is 0.230. The summed E-state index contributed by atoms with van der Waals surface area (Å²) in [5.74, 6) is 1.17. The molecule has 0 atom stereocenters. The Hall–Kier alpha value is -2.29. The van der Waals surface area contributed by atoms with E-state index in [1.165, 1.54) is 0 Å². The zero-order chi connectivity index (χ0) is 13.1. The molecule has 2 aromatic rings. The summed E-state index contributed by atoms with van der Waals surface area (Å²) < 4.78 is 1.85. The van der Waals surface area contributed by atoms with Gasteiger partial charge in [-0.1, -0.05) is 0 Å². The van der Waals surface area contributed by atoms with E-state index in [0.717, 1.165) is 11.5 Å². The Morgan fingerprint density at radius 1 is 1.56 bits per heavy atom. The molecule has 0 saturated heterocycles. The van der Waals surface area contributed by atoms with Crippen LogP contribution in [0.3, 0.4) is 0 Å². The van der Waals surface area contributed by atoms with Crippen LogP contribution in [-0.4, -0.2) is 27.0 Å². The predicted molar refractivity (Wildman–Crippen MR) is 70.1 cm³/mol. The zero-order valence-corrected chi connectivity index (χ0v) is 10.5. The zero-order valence-electron chi connectivity index (χ0n) is 10.5. The highest BCUT2D eigenvalue weighted by atomic mass is 15.2. The van der Waals surface area contributed by atoms with Crippen LogP contribution >= 0.6 is 0 Å². The van der Waals surface area contributed by atoms with Crippen molar-refractivity contribution in [3.05, 3.63) is 18.6 Å². The normalized spacial score (nSPS) is 10.8. The Morgan fingerprint density at radius 2 is 2.33 bits per heavy atom. The van der Waals surface area contributed by atoms with Crippen LogP contribution in [0.15, 0.2) is 18.6 Å². The third-order valence-corrected chi connectivity index (χ3v) is 2.73. The molecule has 2 heterocycles. The van der Waals surface area contributed by atoms with Crippen molar-refractivity contribution in [2.75, 3.05) is 17.2 Å². The first-order valence-electron chi connectivity index (χ1n) is 5.86. The van der Waals surface area contributed by atoms with Crippen molar-refractivity contribution >= 4 is 17.3 Å². The fourth-order valence-electron chi connectivity index (χ4n) is 1.91. The van der Waals surface area contributed by atoms with Gasteiger partial charge >= 0.3 is 0 Å². The molecule has 0 aromatic carbocycles. The summed E-state index contributed by atoms with van der Waals surface area (Å²) >= 11 is 0. The van der Waals surface area contributed by atoms with E-state index in [2.05, 4.69) is 29.9 Å². The number of nitrogens with two attached hydrogens (primary N) is 1. The summed E-state index contributed by atoms with van der Waals surface area (Å²) in [6.45, 7) is 4.73. The SMILES string of the molecule is CC(C)N(CCC#N)c1nc(N)cn2ccnc12. The molecule has 0 saturated carbocycles. The lowest BCUT2D eigenvalue weighted by molar-refractivity contribution is 0.677. The van der Waals surface area contributed by atoms with Crippen molar-refractivity contribution in [3.8, 4) is 6.07 Å². The van der Waals surface area contributed by atoms with E-state index in [9.17, 15) is 0 Å². The van der Waals surface area contributed by atoms with Gasteiger partial charge in [-0.25, -0.2) is 9.97 Å². The molecule has 2 rings (SSSR count). The predicted octanol–water partition coefficient (Wildman–Crippen LogP) is 1.44. The van der Waals surface area contributed by atoms with Crippen LogP contribution in [0.1, 0.15) is 20.3 Å². The summed E-state index contributed by atoms with van der Waals surface area (Å²) in [6.07, 6.45) is 5.72. The number of nitrogens with zero attached hydrogens (tertiary/aromatic N) is 5. The molecule has 0 aliphatic carbocycles. The molecule has 6 heteroatoms. The molecule has 0 aliphatic rings. The Balaban J connectivity index is 2.49. The van der Waals surface area contributed by atoms with E-state index >= 15 is 0 Å². The molecule has 0 amide bonds. The number of rotatable bonds is 4. The first-order valence-corrected chi connectivity index (χ1v) is 5.86. The molecular formula is C12H16N6. The van der Waals surface area contributed by atoms with Gasteiger partial charge in [-0.2, -0.15) is 5.26 Å². The highest BCUT2D eigenvalue weighted by Crippen LogP contribution is 2.21. The second kappa shape index (κ2) is 4.92. The Kier molecular flexibility index (Phi) is 3.33. The number of nitriles is 1.